The first-order valence-electron chi connectivity index (χ1n) is 6.21. The molecule has 0 fully saturated rings. The van der Waals surface area contributed by atoms with Crippen molar-refractivity contribution in [1.29, 1.82) is 0 Å². The Balaban J connectivity index is 2.21. The molecule has 1 aromatic heterocycles. The molecule has 2 aromatic rings. The lowest BCUT2D eigenvalue weighted by atomic mass is 10.1. The molecule has 1 heterocycles. The standard InChI is InChI=1S/C15H17NO2S/c1-4-11-5-6-14(19-11)15(18)16-12-7-10(3)13(17)8-9(12)2/h5-8,17H,4H2,1-3H3,(H,16,18). The maximum atomic E-state index is 12.1. The molecule has 1 amide bonds. The van der Waals surface area contributed by atoms with E-state index in [-0.39, 0.29) is 11.7 Å². The minimum atomic E-state index is -0.0992. The minimum absolute atomic E-state index is 0.0992. The van der Waals surface area contributed by atoms with E-state index in [1.54, 1.807) is 12.1 Å². The number of benzene rings is 1. The van der Waals surface area contributed by atoms with Crippen molar-refractivity contribution >= 4 is 22.9 Å². The Morgan fingerprint density at radius 3 is 2.63 bits per heavy atom. The molecule has 0 saturated heterocycles. The Labute approximate surface area is 116 Å². The van der Waals surface area contributed by atoms with Crippen LogP contribution in [0.25, 0.3) is 0 Å². The monoisotopic (exact) mass is 275 g/mol. The molecule has 4 heteroatoms. The van der Waals surface area contributed by atoms with Gasteiger partial charge in [0.1, 0.15) is 5.75 Å². The van der Waals surface area contributed by atoms with Crippen LogP contribution in [0.3, 0.4) is 0 Å². The molecule has 0 aliphatic rings. The summed E-state index contributed by atoms with van der Waals surface area (Å²) in [5, 5.41) is 12.5. The lowest BCUT2D eigenvalue weighted by Crippen LogP contribution is -2.11. The third-order valence-corrected chi connectivity index (χ3v) is 4.25. The summed E-state index contributed by atoms with van der Waals surface area (Å²) < 4.78 is 0. The van der Waals surface area contributed by atoms with E-state index in [2.05, 4.69) is 12.2 Å². The Morgan fingerprint density at radius 2 is 2.00 bits per heavy atom. The zero-order valence-electron chi connectivity index (χ0n) is 11.3. The number of thiophene rings is 1. The van der Waals surface area contributed by atoms with Gasteiger partial charge in [-0.3, -0.25) is 4.79 Å². The molecule has 2 N–H and O–H groups in total. The van der Waals surface area contributed by atoms with Gasteiger partial charge < -0.3 is 10.4 Å². The smallest absolute Gasteiger partial charge is 0.265 e. The molecule has 19 heavy (non-hydrogen) atoms. The van der Waals surface area contributed by atoms with Gasteiger partial charge >= 0.3 is 0 Å². The van der Waals surface area contributed by atoms with Crippen LogP contribution in [0.15, 0.2) is 24.3 Å². The summed E-state index contributed by atoms with van der Waals surface area (Å²) in [5.74, 6) is 0.151. The van der Waals surface area contributed by atoms with Crippen molar-refractivity contribution < 1.29 is 9.90 Å². The Morgan fingerprint density at radius 1 is 1.26 bits per heavy atom. The van der Waals surface area contributed by atoms with Crippen molar-refractivity contribution in [3.8, 4) is 5.75 Å². The van der Waals surface area contributed by atoms with E-state index in [1.807, 2.05) is 26.0 Å². The number of carbonyl (C=O) groups is 1. The molecule has 0 bridgehead atoms. The summed E-state index contributed by atoms with van der Waals surface area (Å²) in [7, 11) is 0. The molecule has 100 valence electrons. The number of amides is 1. The molecule has 0 atom stereocenters. The Bertz CT molecular complexity index is 617. The van der Waals surface area contributed by atoms with E-state index in [1.165, 1.54) is 16.2 Å². The zero-order valence-corrected chi connectivity index (χ0v) is 12.1. The van der Waals surface area contributed by atoms with Crippen LogP contribution in [0.1, 0.15) is 32.6 Å². The minimum Gasteiger partial charge on any atom is -0.508 e. The first-order chi connectivity index (χ1) is 9.01. The highest BCUT2D eigenvalue weighted by molar-refractivity contribution is 7.14. The molecule has 0 spiro atoms. The second-order valence-electron chi connectivity index (χ2n) is 4.53. The highest BCUT2D eigenvalue weighted by Crippen LogP contribution is 2.26. The van der Waals surface area contributed by atoms with Crippen LogP contribution in [0, 0.1) is 13.8 Å². The third kappa shape index (κ3) is 2.96. The highest BCUT2D eigenvalue weighted by atomic mass is 32.1. The zero-order chi connectivity index (χ0) is 14.0. The lowest BCUT2D eigenvalue weighted by Gasteiger charge is -2.09. The predicted octanol–water partition coefficient (Wildman–Crippen LogP) is 3.89. The van der Waals surface area contributed by atoms with Gasteiger partial charge in [0.15, 0.2) is 0 Å². The van der Waals surface area contributed by atoms with Crippen LogP contribution < -0.4 is 5.32 Å². The van der Waals surface area contributed by atoms with E-state index in [4.69, 9.17) is 0 Å². The molecule has 0 unspecified atom stereocenters. The first-order valence-corrected chi connectivity index (χ1v) is 7.03. The maximum absolute atomic E-state index is 12.1. The number of aromatic hydroxyl groups is 1. The largest absolute Gasteiger partial charge is 0.508 e. The van der Waals surface area contributed by atoms with Gasteiger partial charge in [-0.25, -0.2) is 0 Å². The Hall–Kier alpha value is -1.81. The number of phenolic OH excluding ortho intramolecular Hbond substituents is 1. The second-order valence-corrected chi connectivity index (χ2v) is 5.70. The van der Waals surface area contributed by atoms with Crippen molar-refractivity contribution in [2.24, 2.45) is 0 Å². The van der Waals surface area contributed by atoms with E-state index in [0.29, 0.717) is 4.88 Å². The van der Waals surface area contributed by atoms with Crippen molar-refractivity contribution in [1.82, 2.24) is 0 Å². The van der Waals surface area contributed by atoms with E-state index >= 15 is 0 Å². The van der Waals surface area contributed by atoms with E-state index < -0.39 is 0 Å². The summed E-state index contributed by atoms with van der Waals surface area (Å²) in [4.78, 5) is 14.0. The summed E-state index contributed by atoms with van der Waals surface area (Å²) in [6, 6.07) is 7.28. The second kappa shape index (κ2) is 5.45. The highest BCUT2D eigenvalue weighted by Gasteiger charge is 2.11. The SMILES string of the molecule is CCc1ccc(C(=O)Nc2cc(C)c(O)cc2C)s1. The number of hydrogen-bond donors (Lipinski definition) is 2. The van der Waals surface area contributed by atoms with Gasteiger partial charge in [-0.2, -0.15) is 0 Å². The fourth-order valence-electron chi connectivity index (χ4n) is 1.81. The van der Waals surface area contributed by atoms with Crippen molar-refractivity contribution in [3.05, 3.63) is 45.1 Å². The fraction of sp³-hybridized carbons (Fsp3) is 0.267. The van der Waals surface area contributed by atoms with Crippen LogP contribution in [-0.2, 0) is 6.42 Å². The number of hydrogen-bond acceptors (Lipinski definition) is 3. The van der Waals surface area contributed by atoms with Crippen LogP contribution in [0.2, 0.25) is 0 Å². The first kappa shape index (κ1) is 13.6. The molecule has 3 nitrogen and oxygen atoms in total. The van der Waals surface area contributed by atoms with Gasteiger partial charge in [0.2, 0.25) is 0 Å². The molecule has 0 radical (unpaired) electrons. The van der Waals surface area contributed by atoms with Gasteiger partial charge in [0.05, 0.1) is 4.88 Å². The summed E-state index contributed by atoms with van der Waals surface area (Å²) in [5.41, 5.74) is 2.34. The lowest BCUT2D eigenvalue weighted by molar-refractivity contribution is 0.103. The summed E-state index contributed by atoms with van der Waals surface area (Å²) in [6.45, 7) is 5.74. The predicted molar refractivity (Wildman–Crippen MR) is 79.2 cm³/mol. The van der Waals surface area contributed by atoms with Crippen molar-refractivity contribution in [2.75, 3.05) is 5.32 Å². The third-order valence-electron chi connectivity index (χ3n) is 3.03. The maximum Gasteiger partial charge on any atom is 0.265 e. The average Bonchev–Trinajstić information content (AvgIpc) is 2.84. The normalized spacial score (nSPS) is 10.5. The van der Waals surface area contributed by atoms with E-state index in [0.717, 1.165) is 23.2 Å². The van der Waals surface area contributed by atoms with Gasteiger partial charge in [-0.05, 0) is 55.7 Å². The number of nitrogens with one attached hydrogen (secondary N) is 1. The molecular formula is C15H17NO2S. The number of carbonyl (C=O) groups excluding carboxylic acids is 1. The molecule has 0 aliphatic carbocycles. The van der Waals surface area contributed by atoms with Gasteiger partial charge in [-0.15, -0.1) is 11.3 Å². The molecular weight excluding hydrogens is 258 g/mol. The van der Waals surface area contributed by atoms with Crippen LogP contribution >= 0.6 is 11.3 Å². The number of phenols is 1. The van der Waals surface area contributed by atoms with Crippen LogP contribution in [0.4, 0.5) is 5.69 Å². The van der Waals surface area contributed by atoms with Gasteiger partial charge in [0, 0.05) is 10.6 Å². The topological polar surface area (TPSA) is 49.3 Å². The average molecular weight is 275 g/mol. The van der Waals surface area contributed by atoms with Crippen molar-refractivity contribution in [2.45, 2.75) is 27.2 Å². The molecule has 1 aromatic carbocycles. The summed E-state index contributed by atoms with van der Waals surface area (Å²) in [6.07, 6.45) is 0.940. The number of aryl methyl sites for hydroxylation is 3. The summed E-state index contributed by atoms with van der Waals surface area (Å²) >= 11 is 1.51. The van der Waals surface area contributed by atoms with E-state index in [9.17, 15) is 9.90 Å². The van der Waals surface area contributed by atoms with Gasteiger partial charge in [-0.1, -0.05) is 6.92 Å². The number of rotatable bonds is 3. The van der Waals surface area contributed by atoms with Crippen molar-refractivity contribution in [3.63, 3.8) is 0 Å². The number of anilines is 1. The molecule has 0 saturated carbocycles. The van der Waals surface area contributed by atoms with Crippen LogP contribution in [0.5, 0.6) is 5.75 Å². The molecule has 0 aliphatic heterocycles. The van der Waals surface area contributed by atoms with Gasteiger partial charge in [0.25, 0.3) is 5.91 Å². The quantitative estimate of drug-likeness (QED) is 0.835. The molecule has 2 rings (SSSR count). The Kier molecular flexibility index (Phi) is 3.90. The fourth-order valence-corrected chi connectivity index (χ4v) is 2.65. The van der Waals surface area contributed by atoms with Crippen LogP contribution in [-0.4, -0.2) is 11.0 Å².